The van der Waals surface area contributed by atoms with Crippen LogP contribution in [0.2, 0.25) is 0 Å². The highest BCUT2D eigenvalue weighted by molar-refractivity contribution is 5.55. The van der Waals surface area contributed by atoms with E-state index in [0.29, 0.717) is 25.7 Å². The molecule has 1 aromatic carbocycles. The van der Waals surface area contributed by atoms with E-state index in [0.717, 1.165) is 11.5 Å². The van der Waals surface area contributed by atoms with Gasteiger partial charge in [0.1, 0.15) is 13.2 Å². The van der Waals surface area contributed by atoms with E-state index in [2.05, 4.69) is 26.8 Å². The van der Waals surface area contributed by atoms with E-state index in [1.807, 2.05) is 0 Å². The van der Waals surface area contributed by atoms with Crippen LogP contribution < -0.4 is 15.2 Å². The fraction of sp³-hybridized carbons (Fsp3) is 0.538. The maximum Gasteiger partial charge on any atom is 0.164 e. The van der Waals surface area contributed by atoms with Crippen LogP contribution in [0.1, 0.15) is 29.5 Å². The molecule has 3 nitrogen and oxygen atoms in total. The molecule has 1 heterocycles. The van der Waals surface area contributed by atoms with Crippen LogP contribution in [0, 0.1) is 13.8 Å². The van der Waals surface area contributed by atoms with Crippen molar-refractivity contribution in [2.24, 2.45) is 5.73 Å². The standard InChI is InChI=1S/C13H19NO2/c1-8(7-14)11-6-12-13(10(3)9(11)2)16-5-4-15-12/h6,8H,4-5,7,14H2,1-3H3. The van der Waals surface area contributed by atoms with Gasteiger partial charge in [-0.1, -0.05) is 6.92 Å². The van der Waals surface area contributed by atoms with Crippen LogP contribution in [-0.2, 0) is 0 Å². The monoisotopic (exact) mass is 221 g/mol. The van der Waals surface area contributed by atoms with Crippen molar-refractivity contribution in [2.45, 2.75) is 26.7 Å². The third kappa shape index (κ3) is 1.76. The predicted octanol–water partition coefficient (Wildman–Crippen LogP) is 2.14. The highest BCUT2D eigenvalue weighted by atomic mass is 16.6. The van der Waals surface area contributed by atoms with Crippen molar-refractivity contribution in [3.63, 3.8) is 0 Å². The van der Waals surface area contributed by atoms with E-state index in [4.69, 9.17) is 15.2 Å². The van der Waals surface area contributed by atoms with Gasteiger partial charge in [-0.25, -0.2) is 0 Å². The largest absolute Gasteiger partial charge is 0.486 e. The van der Waals surface area contributed by atoms with Crippen LogP contribution in [0.4, 0.5) is 0 Å². The summed E-state index contributed by atoms with van der Waals surface area (Å²) in [5.41, 5.74) is 9.43. The summed E-state index contributed by atoms with van der Waals surface area (Å²) in [5.74, 6) is 2.12. The predicted molar refractivity (Wildman–Crippen MR) is 64.4 cm³/mol. The van der Waals surface area contributed by atoms with Crippen LogP contribution >= 0.6 is 0 Å². The quantitative estimate of drug-likeness (QED) is 0.832. The maximum atomic E-state index is 5.73. The first kappa shape index (κ1) is 11.3. The minimum Gasteiger partial charge on any atom is -0.486 e. The Kier molecular flexibility index (Phi) is 3.06. The molecule has 88 valence electrons. The van der Waals surface area contributed by atoms with Gasteiger partial charge in [0, 0.05) is 0 Å². The van der Waals surface area contributed by atoms with Crippen molar-refractivity contribution in [3.05, 3.63) is 22.8 Å². The first-order valence-electron chi connectivity index (χ1n) is 5.75. The summed E-state index contributed by atoms with van der Waals surface area (Å²) in [6, 6.07) is 2.08. The van der Waals surface area contributed by atoms with Crippen molar-refractivity contribution < 1.29 is 9.47 Å². The van der Waals surface area contributed by atoms with Crippen molar-refractivity contribution >= 4 is 0 Å². The third-order valence-electron chi connectivity index (χ3n) is 3.32. The zero-order chi connectivity index (χ0) is 11.7. The SMILES string of the molecule is Cc1c(C(C)CN)cc2c(c1C)OCCO2. The summed E-state index contributed by atoms with van der Waals surface area (Å²) in [7, 11) is 0. The maximum absolute atomic E-state index is 5.73. The molecule has 1 unspecified atom stereocenters. The molecular formula is C13H19NO2. The lowest BCUT2D eigenvalue weighted by Gasteiger charge is -2.24. The molecule has 0 amide bonds. The van der Waals surface area contributed by atoms with E-state index < -0.39 is 0 Å². The number of nitrogens with two attached hydrogens (primary N) is 1. The zero-order valence-corrected chi connectivity index (χ0v) is 10.2. The van der Waals surface area contributed by atoms with Gasteiger partial charge in [-0.15, -0.1) is 0 Å². The molecule has 1 aliphatic rings. The Bertz CT molecular complexity index is 401. The van der Waals surface area contributed by atoms with Crippen molar-refractivity contribution in [1.29, 1.82) is 0 Å². The normalized spacial score (nSPS) is 16.0. The summed E-state index contributed by atoms with van der Waals surface area (Å²) in [6.45, 7) is 8.26. The van der Waals surface area contributed by atoms with Gasteiger partial charge in [0.05, 0.1) is 0 Å². The molecule has 0 saturated carbocycles. The first-order valence-corrected chi connectivity index (χ1v) is 5.75. The number of benzene rings is 1. The summed E-state index contributed by atoms with van der Waals surface area (Å²) in [5, 5.41) is 0. The molecule has 0 bridgehead atoms. The van der Waals surface area contributed by atoms with Gasteiger partial charge in [-0.3, -0.25) is 0 Å². The minimum absolute atomic E-state index is 0.356. The molecule has 1 aliphatic heterocycles. The van der Waals surface area contributed by atoms with Gasteiger partial charge in [0.2, 0.25) is 0 Å². The van der Waals surface area contributed by atoms with Gasteiger partial charge >= 0.3 is 0 Å². The number of hydrogen-bond donors (Lipinski definition) is 1. The minimum atomic E-state index is 0.356. The van der Waals surface area contributed by atoms with Gasteiger partial charge in [-0.2, -0.15) is 0 Å². The number of ether oxygens (including phenoxy) is 2. The molecule has 0 saturated heterocycles. The summed E-state index contributed by atoms with van der Waals surface area (Å²) in [6.07, 6.45) is 0. The lowest BCUT2D eigenvalue weighted by molar-refractivity contribution is 0.170. The summed E-state index contributed by atoms with van der Waals surface area (Å²) in [4.78, 5) is 0. The van der Waals surface area contributed by atoms with Crippen molar-refractivity contribution in [3.8, 4) is 11.5 Å². The Balaban J connectivity index is 2.52. The topological polar surface area (TPSA) is 44.5 Å². The van der Waals surface area contributed by atoms with Gasteiger partial charge in [-0.05, 0) is 49.1 Å². The molecule has 1 atom stereocenters. The second-order valence-corrected chi connectivity index (χ2v) is 4.38. The average molecular weight is 221 g/mol. The van der Waals surface area contributed by atoms with E-state index in [-0.39, 0.29) is 0 Å². The summed E-state index contributed by atoms with van der Waals surface area (Å²) < 4.78 is 11.3. The van der Waals surface area contributed by atoms with Crippen molar-refractivity contribution in [1.82, 2.24) is 0 Å². The van der Waals surface area contributed by atoms with Gasteiger partial charge in [0.25, 0.3) is 0 Å². The Labute approximate surface area is 96.5 Å². The Morgan fingerprint density at radius 1 is 1.25 bits per heavy atom. The zero-order valence-electron chi connectivity index (χ0n) is 10.2. The van der Waals surface area contributed by atoms with Crippen LogP contribution in [0.25, 0.3) is 0 Å². The fourth-order valence-electron chi connectivity index (χ4n) is 2.11. The molecule has 16 heavy (non-hydrogen) atoms. The summed E-state index contributed by atoms with van der Waals surface area (Å²) >= 11 is 0. The molecular weight excluding hydrogens is 202 g/mol. The third-order valence-corrected chi connectivity index (χ3v) is 3.32. The highest BCUT2D eigenvalue weighted by Crippen LogP contribution is 2.39. The van der Waals surface area contributed by atoms with Crippen LogP contribution in [0.15, 0.2) is 6.07 Å². The lowest BCUT2D eigenvalue weighted by Crippen LogP contribution is -2.18. The van der Waals surface area contributed by atoms with E-state index in [1.54, 1.807) is 0 Å². The fourth-order valence-corrected chi connectivity index (χ4v) is 2.11. The first-order chi connectivity index (χ1) is 7.65. The highest BCUT2D eigenvalue weighted by Gasteiger charge is 2.20. The Morgan fingerprint density at radius 3 is 2.62 bits per heavy atom. The Hall–Kier alpha value is -1.22. The van der Waals surface area contributed by atoms with E-state index >= 15 is 0 Å². The second kappa shape index (κ2) is 4.34. The molecule has 1 aromatic rings. The number of rotatable bonds is 2. The molecule has 0 aromatic heterocycles. The Morgan fingerprint density at radius 2 is 1.94 bits per heavy atom. The van der Waals surface area contributed by atoms with Crippen molar-refractivity contribution in [2.75, 3.05) is 19.8 Å². The number of fused-ring (bicyclic) bond motifs is 1. The molecule has 3 heteroatoms. The smallest absolute Gasteiger partial charge is 0.164 e. The number of hydrogen-bond acceptors (Lipinski definition) is 3. The molecule has 0 spiro atoms. The van der Waals surface area contributed by atoms with Crippen LogP contribution in [-0.4, -0.2) is 19.8 Å². The average Bonchev–Trinajstić information content (AvgIpc) is 2.33. The van der Waals surface area contributed by atoms with Crippen LogP contribution in [0.5, 0.6) is 11.5 Å². The second-order valence-electron chi connectivity index (χ2n) is 4.38. The molecule has 2 rings (SSSR count). The van der Waals surface area contributed by atoms with Gasteiger partial charge < -0.3 is 15.2 Å². The van der Waals surface area contributed by atoms with E-state index in [9.17, 15) is 0 Å². The van der Waals surface area contributed by atoms with Gasteiger partial charge in [0.15, 0.2) is 11.5 Å². The molecule has 0 aliphatic carbocycles. The molecule has 0 radical (unpaired) electrons. The molecule has 0 fully saturated rings. The lowest BCUT2D eigenvalue weighted by atomic mass is 9.92. The van der Waals surface area contributed by atoms with Crippen LogP contribution in [0.3, 0.4) is 0 Å². The van der Waals surface area contributed by atoms with E-state index in [1.165, 1.54) is 16.7 Å². The molecule has 2 N–H and O–H groups in total.